The minimum absolute atomic E-state index is 0.668. The molecule has 0 amide bonds. The van der Waals surface area contributed by atoms with Gasteiger partial charge in [-0.15, -0.1) is 0 Å². The van der Waals surface area contributed by atoms with Gasteiger partial charge in [0.15, 0.2) is 0 Å². The normalized spacial score (nSPS) is 14.6. The maximum Gasteiger partial charge on any atom is 0.0646 e. The van der Waals surface area contributed by atoms with Crippen LogP contribution in [0.1, 0.15) is 26.2 Å². The van der Waals surface area contributed by atoms with E-state index in [4.69, 9.17) is 0 Å². The molecule has 0 radical (unpaired) electrons. The molecule has 86 valence electrons. The number of nitrogens with one attached hydrogen (secondary N) is 1. The summed E-state index contributed by atoms with van der Waals surface area (Å²) in [6, 6.07) is 9.12. The molecule has 2 heteroatoms. The van der Waals surface area contributed by atoms with Crippen molar-refractivity contribution in [2.75, 3.05) is 17.3 Å². The Kier molecular flexibility index (Phi) is 3.18. The summed E-state index contributed by atoms with van der Waals surface area (Å²) in [5, 5.41) is 3.25. The first-order chi connectivity index (χ1) is 7.77. The van der Waals surface area contributed by atoms with Gasteiger partial charge in [0, 0.05) is 18.8 Å². The molecule has 1 fully saturated rings. The van der Waals surface area contributed by atoms with Gasteiger partial charge in [-0.25, -0.2) is 0 Å². The van der Waals surface area contributed by atoms with E-state index in [1.165, 1.54) is 29.9 Å². The van der Waals surface area contributed by atoms with Gasteiger partial charge in [-0.2, -0.15) is 0 Å². The molecule has 1 aliphatic carbocycles. The number of anilines is 2. The number of hydrogen-bond donors (Lipinski definition) is 1. The molecule has 0 unspecified atom stereocenters. The van der Waals surface area contributed by atoms with Gasteiger partial charge in [0.25, 0.3) is 0 Å². The highest BCUT2D eigenvalue weighted by Gasteiger charge is 2.31. The van der Waals surface area contributed by atoms with Gasteiger partial charge < -0.3 is 10.2 Å². The van der Waals surface area contributed by atoms with E-state index in [9.17, 15) is 0 Å². The third kappa shape index (κ3) is 2.06. The Hall–Kier alpha value is -1.44. The minimum atomic E-state index is 0.668. The van der Waals surface area contributed by atoms with Crippen LogP contribution in [0, 0.1) is 0 Å². The Morgan fingerprint density at radius 3 is 2.69 bits per heavy atom. The fourth-order valence-electron chi connectivity index (χ4n) is 2.02. The van der Waals surface area contributed by atoms with Crippen LogP contribution in [0.4, 0.5) is 11.4 Å². The molecule has 0 atom stereocenters. The number of allylic oxidation sites excluding steroid dienone is 1. The van der Waals surface area contributed by atoms with Crippen molar-refractivity contribution in [2.45, 2.75) is 32.2 Å². The zero-order valence-corrected chi connectivity index (χ0v) is 10.2. The second-order valence-corrected chi connectivity index (χ2v) is 4.29. The molecule has 1 N–H and O–H groups in total. The number of para-hydroxylation sites is 2. The molecule has 0 aromatic heterocycles. The van der Waals surface area contributed by atoms with Crippen LogP contribution in [0.15, 0.2) is 36.5 Å². The van der Waals surface area contributed by atoms with Crippen molar-refractivity contribution in [3.8, 4) is 0 Å². The SMILES string of the molecule is C=C(CC)N(c1ccccc1NC)C1CC1. The molecule has 0 saturated heterocycles. The lowest BCUT2D eigenvalue weighted by atomic mass is 10.2. The lowest BCUT2D eigenvalue weighted by Crippen LogP contribution is -2.24. The molecule has 0 bridgehead atoms. The summed E-state index contributed by atoms with van der Waals surface area (Å²) >= 11 is 0. The second kappa shape index (κ2) is 4.60. The van der Waals surface area contributed by atoms with E-state index >= 15 is 0 Å². The van der Waals surface area contributed by atoms with E-state index in [-0.39, 0.29) is 0 Å². The van der Waals surface area contributed by atoms with Crippen LogP contribution in [0.5, 0.6) is 0 Å². The van der Waals surface area contributed by atoms with Crippen molar-refractivity contribution in [1.29, 1.82) is 0 Å². The molecule has 0 spiro atoms. The van der Waals surface area contributed by atoms with Gasteiger partial charge >= 0.3 is 0 Å². The van der Waals surface area contributed by atoms with Gasteiger partial charge in [-0.1, -0.05) is 25.6 Å². The lowest BCUT2D eigenvalue weighted by Gasteiger charge is -2.28. The maximum absolute atomic E-state index is 4.18. The molecule has 0 heterocycles. The number of hydrogen-bond acceptors (Lipinski definition) is 2. The van der Waals surface area contributed by atoms with Gasteiger partial charge in [-0.05, 0) is 31.4 Å². The summed E-state index contributed by atoms with van der Waals surface area (Å²) in [7, 11) is 1.97. The molecular formula is C14H20N2. The third-order valence-corrected chi connectivity index (χ3v) is 3.09. The topological polar surface area (TPSA) is 15.3 Å². The molecule has 2 rings (SSSR count). The fourth-order valence-corrected chi connectivity index (χ4v) is 2.02. The van der Waals surface area contributed by atoms with Crippen LogP contribution in [0.25, 0.3) is 0 Å². The standard InChI is InChI=1S/C14H20N2/c1-4-11(2)16(12-9-10-12)14-8-6-5-7-13(14)15-3/h5-8,12,15H,2,4,9-10H2,1,3H3. The average molecular weight is 216 g/mol. The van der Waals surface area contributed by atoms with Gasteiger partial charge in [0.2, 0.25) is 0 Å². The van der Waals surface area contributed by atoms with Crippen molar-refractivity contribution in [3.63, 3.8) is 0 Å². The number of benzene rings is 1. The Morgan fingerprint density at radius 1 is 1.44 bits per heavy atom. The molecule has 1 aromatic carbocycles. The van der Waals surface area contributed by atoms with E-state index < -0.39 is 0 Å². The van der Waals surface area contributed by atoms with E-state index in [1.807, 2.05) is 7.05 Å². The van der Waals surface area contributed by atoms with E-state index in [1.54, 1.807) is 0 Å². The molecule has 1 aromatic rings. The summed E-state index contributed by atoms with van der Waals surface area (Å²) < 4.78 is 0. The van der Waals surface area contributed by atoms with Crippen molar-refractivity contribution >= 4 is 11.4 Å². The highest BCUT2D eigenvalue weighted by molar-refractivity contribution is 5.72. The first kappa shape index (κ1) is 11.1. The largest absolute Gasteiger partial charge is 0.386 e. The first-order valence-electron chi connectivity index (χ1n) is 6.01. The number of rotatable bonds is 5. The third-order valence-electron chi connectivity index (χ3n) is 3.09. The summed E-state index contributed by atoms with van der Waals surface area (Å²) in [4.78, 5) is 2.39. The molecule has 1 saturated carbocycles. The summed E-state index contributed by atoms with van der Waals surface area (Å²) in [6.07, 6.45) is 3.59. The smallest absolute Gasteiger partial charge is 0.0646 e. The predicted octanol–water partition coefficient (Wildman–Crippen LogP) is 3.62. The van der Waals surface area contributed by atoms with E-state index in [0.717, 1.165) is 6.42 Å². The van der Waals surface area contributed by atoms with Crippen LogP contribution in [0.2, 0.25) is 0 Å². The highest BCUT2D eigenvalue weighted by Crippen LogP contribution is 2.38. The lowest BCUT2D eigenvalue weighted by molar-refractivity contribution is 0.864. The number of nitrogens with zero attached hydrogens (tertiary/aromatic N) is 1. The van der Waals surface area contributed by atoms with Crippen LogP contribution in [-0.2, 0) is 0 Å². The summed E-state index contributed by atoms with van der Waals surface area (Å²) in [6.45, 7) is 6.35. The van der Waals surface area contributed by atoms with Crippen molar-refractivity contribution in [2.24, 2.45) is 0 Å². The monoisotopic (exact) mass is 216 g/mol. The van der Waals surface area contributed by atoms with Crippen LogP contribution < -0.4 is 10.2 Å². The molecule has 2 nitrogen and oxygen atoms in total. The average Bonchev–Trinajstić information content (AvgIpc) is 3.14. The molecule has 1 aliphatic rings. The van der Waals surface area contributed by atoms with Crippen LogP contribution >= 0.6 is 0 Å². The summed E-state index contributed by atoms with van der Waals surface area (Å²) in [5.74, 6) is 0. The Bertz CT molecular complexity index is 380. The summed E-state index contributed by atoms with van der Waals surface area (Å²) in [5.41, 5.74) is 3.66. The molecule has 16 heavy (non-hydrogen) atoms. The minimum Gasteiger partial charge on any atom is -0.386 e. The van der Waals surface area contributed by atoms with Gasteiger partial charge in [0.1, 0.15) is 0 Å². The van der Waals surface area contributed by atoms with Crippen LogP contribution in [0.3, 0.4) is 0 Å². The Balaban J connectivity index is 2.34. The van der Waals surface area contributed by atoms with Crippen molar-refractivity contribution in [3.05, 3.63) is 36.5 Å². The van der Waals surface area contributed by atoms with E-state index in [2.05, 4.69) is 48.0 Å². The maximum atomic E-state index is 4.18. The zero-order valence-electron chi connectivity index (χ0n) is 10.2. The van der Waals surface area contributed by atoms with Crippen molar-refractivity contribution < 1.29 is 0 Å². The molecule has 0 aliphatic heterocycles. The zero-order chi connectivity index (χ0) is 11.5. The molecular weight excluding hydrogens is 196 g/mol. The first-order valence-corrected chi connectivity index (χ1v) is 6.01. The van der Waals surface area contributed by atoms with E-state index in [0.29, 0.717) is 6.04 Å². The van der Waals surface area contributed by atoms with Crippen LogP contribution in [-0.4, -0.2) is 13.1 Å². The second-order valence-electron chi connectivity index (χ2n) is 4.29. The van der Waals surface area contributed by atoms with Crippen molar-refractivity contribution in [1.82, 2.24) is 0 Å². The quantitative estimate of drug-likeness (QED) is 0.808. The highest BCUT2D eigenvalue weighted by atomic mass is 15.2. The Morgan fingerprint density at radius 2 is 2.12 bits per heavy atom. The fraction of sp³-hybridized carbons (Fsp3) is 0.429. The predicted molar refractivity (Wildman–Crippen MR) is 70.9 cm³/mol. The van der Waals surface area contributed by atoms with Gasteiger partial charge in [-0.3, -0.25) is 0 Å². The Labute approximate surface area is 98.0 Å². The van der Waals surface area contributed by atoms with Gasteiger partial charge in [0.05, 0.1) is 11.4 Å².